The summed E-state index contributed by atoms with van der Waals surface area (Å²) >= 11 is 0. The van der Waals surface area contributed by atoms with Crippen molar-refractivity contribution in [2.45, 2.75) is 44.6 Å². The second-order valence-corrected chi connectivity index (χ2v) is 4.36. The summed E-state index contributed by atoms with van der Waals surface area (Å²) in [4.78, 5) is 11.7. The van der Waals surface area contributed by atoms with Gasteiger partial charge in [-0.05, 0) is 19.8 Å². The molecule has 3 heteroatoms. The van der Waals surface area contributed by atoms with E-state index >= 15 is 0 Å². The predicted octanol–water partition coefficient (Wildman–Crippen LogP) is 1.34. The van der Waals surface area contributed by atoms with Crippen molar-refractivity contribution in [3.05, 3.63) is 12.2 Å². The smallest absolute Gasteiger partial charge is 0.240 e. The average Bonchev–Trinajstić information content (AvgIpc) is 2.15. The Labute approximate surface area is 85.7 Å². The Kier molecular flexibility index (Phi) is 3.69. The van der Waals surface area contributed by atoms with Crippen molar-refractivity contribution in [1.82, 2.24) is 5.32 Å². The Balaban J connectivity index is 2.45. The number of hydrogen-bond donors (Lipinski definition) is 2. The highest BCUT2D eigenvalue weighted by Crippen LogP contribution is 2.25. The number of carbonyl (C=O) groups is 1. The van der Waals surface area contributed by atoms with Crippen LogP contribution in [0, 0.1) is 0 Å². The van der Waals surface area contributed by atoms with E-state index in [2.05, 4.69) is 11.9 Å². The number of hydrogen-bond acceptors (Lipinski definition) is 2. The maximum Gasteiger partial charge on any atom is 0.240 e. The van der Waals surface area contributed by atoms with Crippen molar-refractivity contribution in [3.8, 4) is 0 Å². The van der Waals surface area contributed by atoms with E-state index in [4.69, 9.17) is 5.73 Å². The van der Waals surface area contributed by atoms with Crippen molar-refractivity contribution >= 4 is 5.91 Å². The van der Waals surface area contributed by atoms with Gasteiger partial charge in [0.2, 0.25) is 5.91 Å². The zero-order valence-corrected chi connectivity index (χ0v) is 8.94. The third-order valence-corrected chi connectivity index (χ3v) is 2.75. The van der Waals surface area contributed by atoms with Gasteiger partial charge in [-0.25, -0.2) is 0 Å². The molecule has 1 rings (SSSR count). The molecule has 1 saturated carbocycles. The third-order valence-electron chi connectivity index (χ3n) is 2.75. The van der Waals surface area contributed by atoms with E-state index in [0.717, 1.165) is 31.3 Å². The molecule has 0 aromatic rings. The van der Waals surface area contributed by atoms with Gasteiger partial charge in [-0.1, -0.05) is 31.4 Å². The van der Waals surface area contributed by atoms with Crippen molar-refractivity contribution in [1.29, 1.82) is 0 Å². The summed E-state index contributed by atoms with van der Waals surface area (Å²) < 4.78 is 0. The summed E-state index contributed by atoms with van der Waals surface area (Å²) in [6.45, 7) is 6.17. The van der Waals surface area contributed by atoms with Crippen molar-refractivity contribution < 1.29 is 4.79 Å². The van der Waals surface area contributed by atoms with Crippen LogP contribution >= 0.6 is 0 Å². The first-order chi connectivity index (χ1) is 6.54. The van der Waals surface area contributed by atoms with Gasteiger partial charge < -0.3 is 11.1 Å². The molecule has 0 aromatic carbocycles. The normalized spacial score (nSPS) is 20.1. The van der Waals surface area contributed by atoms with Crippen LogP contribution in [0.4, 0.5) is 0 Å². The lowest BCUT2D eigenvalue weighted by Gasteiger charge is -2.31. The standard InChI is InChI=1S/C11H20N2O/c1-9(2)8-13-10(14)11(12)6-4-3-5-7-11/h1,3-8,12H2,2H3,(H,13,14). The highest BCUT2D eigenvalue weighted by molar-refractivity contribution is 5.86. The van der Waals surface area contributed by atoms with E-state index in [1.165, 1.54) is 6.42 Å². The minimum atomic E-state index is -0.617. The van der Waals surface area contributed by atoms with Crippen molar-refractivity contribution in [3.63, 3.8) is 0 Å². The topological polar surface area (TPSA) is 55.1 Å². The third kappa shape index (κ3) is 2.84. The number of carbonyl (C=O) groups excluding carboxylic acids is 1. The Morgan fingerprint density at radius 1 is 1.43 bits per heavy atom. The molecule has 0 bridgehead atoms. The molecule has 0 spiro atoms. The summed E-state index contributed by atoms with van der Waals surface area (Å²) in [7, 11) is 0. The van der Waals surface area contributed by atoms with Crippen LogP contribution in [0.2, 0.25) is 0 Å². The molecular weight excluding hydrogens is 176 g/mol. The van der Waals surface area contributed by atoms with Gasteiger partial charge in [-0.2, -0.15) is 0 Å². The van der Waals surface area contributed by atoms with E-state index in [0.29, 0.717) is 6.54 Å². The summed E-state index contributed by atoms with van der Waals surface area (Å²) in [6, 6.07) is 0. The van der Waals surface area contributed by atoms with E-state index < -0.39 is 5.54 Å². The van der Waals surface area contributed by atoms with Crippen LogP contribution in [-0.2, 0) is 4.79 Å². The van der Waals surface area contributed by atoms with Crippen LogP contribution in [0.15, 0.2) is 12.2 Å². The Hall–Kier alpha value is -0.830. The molecule has 1 aliphatic rings. The first kappa shape index (κ1) is 11.2. The minimum absolute atomic E-state index is 0.0137. The molecule has 0 aromatic heterocycles. The SMILES string of the molecule is C=C(C)CNC(=O)C1(N)CCCCC1. The number of amides is 1. The molecule has 80 valence electrons. The van der Waals surface area contributed by atoms with Crippen LogP contribution in [0.3, 0.4) is 0 Å². The van der Waals surface area contributed by atoms with Crippen molar-refractivity contribution in [2.24, 2.45) is 5.73 Å². The van der Waals surface area contributed by atoms with Crippen molar-refractivity contribution in [2.75, 3.05) is 6.54 Å². The van der Waals surface area contributed by atoms with E-state index in [9.17, 15) is 4.79 Å². The summed E-state index contributed by atoms with van der Waals surface area (Å²) in [5.74, 6) is -0.0137. The summed E-state index contributed by atoms with van der Waals surface area (Å²) in [5.41, 5.74) is 6.39. The van der Waals surface area contributed by atoms with Crippen LogP contribution in [0.1, 0.15) is 39.0 Å². The largest absolute Gasteiger partial charge is 0.351 e. The van der Waals surface area contributed by atoms with Crippen LogP contribution < -0.4 is 11.1 Å². The number of rotatable bonds is 3. The quantitative estimate of drug-likeness (QED) is 0.669. The first-order valence-corrected chi connectivity index (χ1v) is 5.26. The maximum absolute atomic E-state index is 11.7. The molecule has 1 aliphatic carbocycles. The lowest BCUT2D eigenvalue weighted by molar-refractivity contribution is -0.127. The van der Waals surface area contributed by atoms with Gasteiger partial charge in [0.15, 0.2) is 0 Å². The first-order valence-electron chi connectivity index (χ1n) is 5.26. The Morgan fingerprint density at radius 2 is 2.00 bits per heavy atom. The van der Waals surface area contributed by atoms with E-state index in [1.54, 1.807) is 0 Å². The van der Waals surface area contributed by atoms with E-state index in [-0.39, 0.29) is 5.91 Å². The highest BCUT2D eigenvalue weighted by Gasteiger charge is 2.34. The molecule has 0 heterocycles. The average molecular weight is 196 g/mol. The molecular formula is C11H20N2O. The maximum atomic E-state index is 11.7. The van der Waals surface area contributed by atoms with Gasteiger partial charge in [0.05, 0.1) is 5.54 Å². The van der Waals surface area contributed by atoms with Gasteiger partial charge in [0.1, 0.15) is 0 Å². The van der Waals surface area contributed by atoms with Crippen LogP contribution in [0.25, 0.3) is 0 Å². The molecule has 14 heavy (non-hydrogen) atoms. The van der Waals surface area contributed by atoms with Gasteiger partial charge >= 0.3 is 0 Å². The Bertz CT molecular complexity index is 229. The zero-order chi connectivity index (χ0) is 10.6. The molecule has 1 amide bonds. The number of nitrogens with two attached hydrogens (primary N) is 1. The van der Waals surface area contributed by atoms with Gasteiger partial charge in [0, 0.05) is 6.54 Å². The minimum Gasteiger partial charge on any atom is -0.351 e. The fourth-order valence-corrected chi connectivity index (χ4v) is 1.82. The van der Waals surface area contributed by atoms with Gasteiger partial charge in [0.25, 0.3) is 0 Å². The highest BCUT2D eigenvalue weighted by atomic mass is 16.2. The second-order valence-electron chi connectivity index (χ2n) is 4.36. The van der Waals surface area contributed by atoms with Crippen LogP contribution in [0.5, 0.6) is 0 Å². The number of nitrogens with one attached hydrogen (secondary N) is 1. The monoisotopic (exact) mass is 196 g/mol. The molecule has 3 nitrogen and oxygen atoms in total. The fraction of sp³-hybridized carbons (Fsp3) is 0.727. The molecule has 0 aliphatic heterocycles. The van der Waals surface area contributed by atoms with Gasteiger partial charge in [-0.15, -0.1) is 0 Å². The molecule has 3 N–H and O–H groups in total. The zero-order valence-electron chi connectivity index (χ0n) is 8.94. The lowest BCUT2D eigenvalue weighted by Crippen LogP contribution is -2.55. The molecule has 1 fully saturated rings. The second kappa shape index (κ2) is 4.60. The summed E-state index contributed by atoms with van der Waals surface area (Å²) in [6.07, 6.45) is 4.96. The van der Waals surface area contributed by atoms with Gasteiger partial charge in [-0.3, -0.25) is 4.79 Å². The molecule has 0 atom stereocenters. The predicted molar refractivity (Wildman–Crippen MR) is 57.8 cm³/mol. The molecule has 0 saturated heterocycles. The van der Waals surface area contributed by atoms with Crippen LogP contribution in [-0.4, -0.2) is 18.0 Å². The molecule has 0 unspecified atom stereocenters. The van der Waals surface area contributed by atoms with E-state index in [1.807, 2.05) is 6.92 Å². The summed E-state index contributed by atoms with van der Waals surface area (Å²) in [5, 5.41) is 2.83. The lowest BCUT2D eigenvalue weighted by atomic mass is 9.82. The molecule has 0 radical (unpaired) electrons. The fourth-order valence-electron chi connectivity index (χ4n) is 1.82. The Morgan fingerprint density at radius 3 is 2.50 bits per heavy atom.